The largest absolute Gasteiger partial charge is 0.482 e. The lowest BCUT2D eigenvalue weighted by Gasteiger charge is -2.28. The Morgan fingerprint density at radius 3 is 2.90 bits per heavy atom. The monoisotopic (exact) mass is 342 g/mol. The van der Waals surface area contributed by atoms with Crippen molar-refractivity contribution in [3.8, 4) is 5.75 Å². The predicted molar refractivity (Wildman–Crippen MR) is 72.6 cm³/mol. The number of nitrogens with zero attached hydrogens (tertiary/aromatic N) is 1. The molecule has 8 heteroatoms. The minimum Gasteiger partial charge on any atom is -0.482 e. The normalized spacial score (nSPS) is 13.4. The van der Waals surface area contributed by atoms with Crippen LogP contribution in [0.1, 0.15) is 0 Å². The molecule has 0 aromatic heterocycles. The molecule has 0 radical (unpaired) electrons. The van der Waals surface area contributed by atoms with E-state index >= 15 is 0 Å². The van der Waals surface area contributed by atoms with Gasteiger partial charge < -0.3 is 15.2 Å². The van der Waals surface area contributed by atoms with Crippen LogP contribution in [0.5, 0.6) is 5.75 Å². The van der Waals surface area contributed by atoms with Crippen molar-refractivity contribution in [1.29, 1.82) is 0 Å². The molecule has 20 heavy (non-hydrogen) atoms. The van der Waals surface area contributed by atoms with Crippen LogP contribution in [0, 0.1) is 0 Å². The molecule has 1 aliphatic heterocycles. The summed E-state index contributed by atoms with van der Waals surface area (Å²) >= 11 is 3.29. The van der Waals surface area contributed by atoms with Crippen molar-refractivity contribution in [2.45, 2.75) is 0 Å². The first kappa shape index (κ1) is 14.3. The minimum atomic E-state index is -1.14. The summed E-state index contributed by atoms with van der Waals surface area (Å²) in [6.45, 7) is -0.885. The molecular weight excluding hydrogens is 332 g/mol. The van der Waals surface area contributed by atoms with E-state index in [0.717, 1.165) is 4.47 Å². The molecule has 0 aliphatic carbocycles. The van der Waals surface area contributed by atoms with Gasteiger partial charge in [-0.2, -0.15) is 0 Å². The molecule has 1 heterocycles. The number of aliphatic carboxylic acids is 1. The number of nitrogens with one attached hydrogen (secondary N) is 1. The highest BCUT2D eigenvalue weighted by molar-refractivity contribution is 9.10. The number of carbonyl (C=O) groups excluding carboxylic acids is 2. The van der Waals surface area contributed by atoms with Crippen molar-refractivity contribution in [2.75, 3.05) is 24.6 Å². The van der Waals surface area contributed by atoms with Gasteiger partial charge in [0.1, 0.15) is 18.8 Å². The molecular formula is C12H11BrN2O5. The van der Waals surface area contributed by atoms with Gasteiger partial charge in [0.25, 0.3) is 5.91 Å². The van der Waals surface area contributed by atoms with E-state index in [1.54, 1.807) is 18.2 Å². The van der Waals surface area contributed by atoms with Crippen molar-refractivity contribution in [1.82, 2.24) is 5.32 Å². The maximum atomic E-state index is 11.8. The van der Waals surface area contributed by atoms with E-state index in [1.165, 1.54) is 4.90 Å². The van der Waals surface area contributed by atoms with E-state index in [4.69, 9.17) is 9.84 Å². The zero-order valence-corrected chi connectivity index (χ0v) is 11.8. The summed E-state index contributed by atoms with van der Waals surface area (Å²) < 4.78 is 6.07. The number of carbonyl (C=O) groups is 3. The SMILES string of the molecule is O=C(O)CNC(=O)CN1C(=O)COc2cc(Br)ccc21. The average molecular weight is 343 g/mol. The summed E-state index contributed by atoms with van der Waals surface area (Å²) in [7, 11) is 0. The molecule has 0 atom stereocenters. The lowest BCUT2D eigenvalue weighted by Crippen LogP contribution is -2.45. The summed E-state index contributed by atoms with van der Waals surface area (Å²) in [6, 6.07) is 5.08. The Morgan fingerprint density at radius 2 is 2.20 bits per heavy atom. The quantitative estimate of drug-likeness (QED) is 0.824. The van der Waals surface area contributed by atoms with E-state index in [2.05, 4.69) is 21.2 Å². The highest BCUT2D eigenvalue weighted by Crippen LogP contribution is 2.34. The highest BCUT2D eigenvalue weighted by atomic mass is 79.9. The summed E-state index contributed by atoms with van der Waals surface area (Å²) in [5.74, 6) is -1.55. The third-order valence-corrected chi connectivity index (χ3v) is 3.10. The number of ether oxygens (including phenoxy) is 1. The second-order valence-corrected chi connectivity index (χ2v) is 4.97. The summed E-state index contributed by atoms with van der Waals surface area (Å²) in [6.07, 6.45) is 0. The van der Waals surface area contributed by atoms with Crippen LogP contribution in [-0.2, 0) is 14.4 Å². The highest BCUT2D eigenvalue weighted by Gasteiger charge is 2.27. The summed E-state index contributed by atoms with van der Waals surface area (Å²) in [4.78, 5) is 35.1. The first-order valence-electron chi connectivity index (χ1n) is 5.68. The average Bonchev–Trinajstić information content (AvgIpc) is 2.39. The van der Waals surface area contributed by atoms with Crippen LogP contribution >= 0.6 is 15.9 Å². The fourth-order valence-corrected chi connectivity index (χ4v) is 2.07. The van der Waals surface area contributed by atoms with E-state index in [-0.39, 0.29) is 19.1 Å². The number of benzene rings is 1. The van der Waals surface area contributed by atoms with Gasteiger partial charge in [0.05, 0.1) is 5.69 Å². The Labute approximate surface area is 122 Å². The topological polar surface area (TPSA) is 95.9 Å². The van der Waals surface area contributed by atoms with Crippen LogP contribution in [-0.4, -0.2) is 42.6 Å². The lowest BCUT2D eigenvalue weighted by atomic mass is 10.2. The molecule has 1 aromatic carbocycles. The van der Waals surface area contributed by atoms with Gasteiger partial charge in [0.15, 0.2) is 6.61 Å². The fraction of sp³-hybridized carbons (Fsp3) is 0.250. The first-order valence-corrected chi connectivity index (χ1v) is 6.48. The maximum absolute atomic E-state index is 11.8. The van der Waals surface area contributed by atoms with Crippen molar-refractivity contribution < 1.29 is 24.2 Å². The maximum Gasteiger partial charge on any atom is 0.322 e. The van der Waals surface area contributed by atoms with E-state index in [9.17, 15) is 14.4 Å². The van der Waals surface area contributed by atoms with Gasteiger partial charge in [-0.25, -0.2) is 0 Å². The van der Waals surface area contributed by atoms with Crippen molar-refractivity contribution in [3.63, 3.8) is 0 Å². The van der Waals surface area contributed by atoms with Gasteiger partial charge in [-0.3, -0.25) is 19.3 Å². The van der Waals surface area contributed by atoms with Crippen LogP contribution in [0.4, 0.5) is 5.69 Å². The number of carboxylic acids is 1. The number of fused-ring (bicyclic) bond motifs is 1. The summed E-state index contributed by atoms with van der Waals surface area (Å²) in [5, 5.41) is 10.7. The summed E-state index contributed by atoms with van der Waals surface area (Å²) in [5.41, 5.74) is 0.481. The molecule has 1 aliphatic rings. The zero-order chi connectivity index (χ0) is 14.7. The van der Waals surface area contributed by atoms with Crippen LogP contribution in [0.2, 0.25) is 0 Å². The van der Waals surface area contributed by atoms with Crippen LogP contribution in [0.15, 0.2) is 22.7 Å². The number of amides is 2. The van der Waals surface area contributed by atoms with Crippen molar-refractivity contribution >= 4 is 39.4 Å². The molecule has 0 bridgehead atoms. The molecule has 0 unspecified atom stereocenters. The van der Waals surface area contributed by atoms with E-state index in [1.807, 2.05) is 0 Å². The number of rotatable bonds is 4. The molecule has 2 rings (SSSR count). The third-order valence-electron chi connectivity index (χ3n) is 2.60. The number of halogens is 1. The van der Waals surface area contributed by atoms with Gasteiger partial charge in [-0.05, 0) is 18.2 Å². The molecule has 0 saturated heterocycles. The molecule has 0 spiro atoms. The molecule has 2 amide bonds. The Balaban J connectivity index is 2.13. The molecule has 0 saturated carbocycles. The van der Waals surface area contributed by atoms with Gasteiger partial charge in [0, 0.05) is 4.47 Å². The van der Waals surface area contributed by atoms with Crippen molar-refractivity contribution in [3.05, 3.63) is 22.7 Å². The third kappa shape index (κ3) is 3.27. The number of carboxylic acid groups (broad SMARTS) is 1. The predicted octanol–water partition coefficient (Wildman–Crippen LogP) is 0.375. The molecule has 0 fully saturated rings. The van der Waals surface area contributed by atoms with Crippen LogP contribution in [0.3, 0.4) is 0 Å². The second-order valence-electron chi connectivity index (χ2n) is 4.05. The standard InChI is InChI=1S/C12H11BrN2O5/c13-7-1-2-8-9(3-7)20-6-11(17)15(8)5-10(16)14-4-12(18)19/h1-3H,4-6H2,(H,14,16)(H,18,19). The molecule has 7 nitrogen and oxygen atoms in total. The number of anilines is 1. The second kappa shape index (κ2) is 5.91. The van der Waals surface area contributed by atoms with Crippen LogP contribution in [0.25, 0.3) is 0 Å². The number of hydrogen-bond acceptors (Lipinski definition) is 4. The van der Waals surface area contributed by atoms with E-state index < -0.39 is 18.4 Å². The van der Waals surface area contributed by atoms with Crippen molar-refractivity contribution in [2.24, 2.45) is 0 Å². The van der Waals surface area contributed by atoms with Crippen LogP contribution < -0.4 is 15.0 Å². The fourth-order valence-electron chi connectivity index (χ4n) is 1.73. The Bertz CT molecular complexity index is 575. The first-order chi connectivity index (χ1) is 9.47. The van der Waals surface area contributed by atoms with Gasteiger partial charge >= 0.3 is 5.97 Å². The zero-order valence-electron chi connectivity index (χ0n) is 10.3. The van der Waals surface area contributed by atoms with Gasteiger partial charge in [-0.15, -0.1) is 0 Å². The Kier molecular flexibility index (Phi) is 4.23. The molecule has 2 N–H and O–H groups in total. The van der Waals surface area contributed by atoms with E-state index in [0.29, 0.717) is 11.4 Å². The molecule has 106 valence electrons. The minimum absolute atomic E-state index is 0.157. The molecule has 1 aromatic rings. The Morgan fingerprint density at radius 1 is 1.45 bits per heavy atom. The number of hydrogen-bond donors (Lipinski definition) is 2. The van der Waals surface area contributed by atoms with Gasteiger partial charge in [0.2, 0.25) is 5.91 Å². The lowest BCUT2D eigenvalue weighted by molar-refractivity contribution is -0.137. The smallest absolute Gasteiger partial charge is 0.322 e. The van der Waals surface area contributed by atoms with Gasteiger partial charge in [-0.1, -0.05) is 15.9 Å². The Hall–Kier alpha value is -2.09.